The summed E-state index contributed by atoms with van der Waals surface area (Å²) in [6.07, 6.45) is 9.09. The number of unbranched alkanes of at least 4 members (excludes halogenated alkanes) is 3. The van der Waals surface area contributed by atoms with Crippen LogP contribution in [-0.2, 0) is 13.1 Å². The van der Waals surface area contributed by atoms with Crippen molar-refractivity contribution in [2.45, 2.75) is 58.0 Å². The first-order valence-corrected chi connectivity index (χ1v) is 9.38. The number of likely N-dealkylation sites (tertiary alicyclic amines) is 1. The van der Waals surface area contributed by atoms with Crippen LogP contribution >= 0.6 is 0 Å². The van der Waals surface area contributed by atoms with Gasteiger partial charge in [-0.2, -0.15) is 0 Å². The van der Waals surface area contributed by atoms with Crippen LogP contribution in [0.1, 0.15) is 50.6 Å². The zero-order chi connectivity index (χ0) is 15.9. The number of hydrogen-bond acceptors (Lipinski definition) is 2. The Morgan fingerprint density at radius 2 is 1.70 bits per heavy atom. The second-order valence-corrected chi connectivity index (χ2v) is 6.89. The van der Waals surface area contributed by atoms with Crippen LogP contribution in [0, 0.1) is 0 Å². The van der Waals surface area contributed by atoms with E-state index in [2.05, 4.69) is 39.8 Å². The van der Waals surface area contributed by atoms with Gasteiger partial charge in [-0.3, -0.25) is 4.90 Å². The van der Waals surface area contributed by atoms with Crippen molar-refractivity contribution in [3.05, 3.63) is 36.0 Å². The van der Waals surface area contributed by atoms with Crippen LogP contribution < -0.4 is 5.73 Å². The summed E-state index contributed by atoms with van der Waals surface area (Å²) in [6.45, 7) is 5.60. The maximum absolute atomic E-state index is 5.60. The van der Waals surface area contributed by atoms with Gasteiger partial charge in [-0.25, -0.2) is 0 Å². The zero-order valence-electron chi connectivity index (χ0n) is 14.3. The quantitative estimate of drug-likeness (QED) is 0.743. The van der Waals surface area contributed by atoms with E-state index in [1.807, 2.05) is 0 Å². The molecule has 2 aromatic rings. The van der Waals surface area contributed by atoms with Gasteiger partial charge in [0.15, 0.2) is 0 Å². The van der Waals surface area contributed by atoms with Gasteiger partial charge < -0.3 is 10.3 Å². The highest BCUT2D eigenvalue weighted by Gasteiger charge is 2.14. The summed E-state index contributed by atoms with van der Waals surface area (Å²) in [6, 6.07) is 11.2. The number of aryl methyl sites for hydroxylation is 1. The molecule has 0 atom stereocenters. The van der Waals surface area contributed by atoms with E-state index in [4.69, 9.17) is 5.73 Å². The average Bonchev–Trinajstić information content (AvgIpc) is 2.93. The Hall–Kier alpha value is -1.32. The lowest BCUT2D eigenvalue weighted by Crippen LogP contribution is -2.30. The molecule has 0 amide bonds. The first kappa shape index (κ1) is 16.5. The Labute approximate surface area is 140 Å². The monoisotopic (exact) mass is 313 g/mol. The molecule has 1 aliphatic rings. The molecule has 2 heterocycles. The SMILES string of the molecule is NCCCCCCn1c(CN2CCCCC2)cc2ccccc21. The lowest BCUT2D eigenvalue weighted by Gasteiger charge is -2.27. The first-order chi connectivity index (χ1) is 11.4. The number of benzene rings is 1. The number of fused-ring (bicyclic) bond motifs is 1. The summed E-state index contributed by atoms with van der Waals surface area (Å²) in [4.78, 5) is 2.63. The highest BCUT2D eigenvalue weighted by atomic mass is 15.1. The number of nitrogens with zero attached hydrogens (tertiary/aromatic N) is 2. The number of hydrogen-bond donors (Lipinski definition) is 1. The van der Waals surface area contributed by atoms with Gasteiger partial charge in [0, 0.05) is 24.3 Å². The third-order valence-electron chi connectivity index (χ3n) is 5.07. The van der Waals surface area contributed by atoms with Crippen LogP contribution in [0.2, 0.25) is 0 Å². The van der Waals surface area contributed by atoms with Gasteiger partial charge in [-0.1, -0.05) is 37.5 Å². The Morgan fingerprint density at radius 3 is 2.52 bits per heavy atom. The largest absolute Gasteiger partial charge is 0.343 e. The standard InChI is InChI=1S/C20H31N3/c21-12-6-1-2-9-15-23-19(17-22-13-7-3-8-14-22)16-18-10-4-5-11-20(18)23/h4-5,10-11,16H,1-3,6-9,12-15,17,21H2. The average molecular weight is 313 g/mol. The molecule has 126 valence electrons. The molecule has 1 fully saturated rings. The van der Waals surface area contributed by atoms with Crippen LogP contribution in [0.15, 0.2) is 30.3 Å². The van der Waals surface area contributed by atoms with Crippen molar-refractivity contribution in [2.24, 2.45) is 5.73 Å². The fourth-order valence-electron chi connectivity index (χ4n) is 3.78. The molecule has 0 bridgehead atoms. The lowest BCUT2D eigenvalue weighted by atomic mass is 10.1. The third-order valence-corrected chi connectivity index (χ3v) is 5.07. The molecule has 0 spiro atoms. The molecule has 0 unspecified atom stereocenters. The highest BCUT2D eigenvalue weighted by molar-refractivity contribution is 5.81. The van der Waals surface area contributed by atoms with E-state index in [0.29, 0.717) is 0 Å². The molecule has 23 heavy (non-hydrogen) atoms. The van der Waals surface area contributed by atoms with E-state index in [1.165, 1.54) is 68.2 Å². The Kier molecular flexibility index (Phi) is 6.12. The fraction of sp³-hybridized carbons (Fsp3) is 0.600. The second kappa shape index (κ2) is 8.51. The van der Waals surface area contributed by atoms with Crippen molar-refractivity contribution in [3.8, 4) is 0 Å². The van der Waals surface area contributed by atoms with Crippen LogP contribution in [0.5, 0.6) is 0 Å². The van der Waals surface area contributed by atoms with E-state index < -0.39 is 0 Å². The summed E-state index contributed by atoms with van der Waals surface area (Å²) in [5, 5.41) is 1.39. The van der Waals surface area contributed by atoms with Crippen molar-refractivity contribution in [3.63, 3.8) is 0 Å². The van der Waals surface area contributed by atoms with Gasteiger partial charge in [0.2, 0.25) is 0 Å². The van der Waals surface area contributed by atoms with Crippen molar-refractivity contribution in [1.82, 2.24) is 9.47 Å². The maximum atomic E-state index is 5.60. The molecule has 1 aliphatic heterocycles. The van der Waals surface area contributed by atoms with Crippen molar-refractivity contribution in [1.29, 1.82) is 0 Å². The summed E-state index contributed by atoms with van der Waals surface area (Å²) < 4.78 is 2.56. The molecule has 3 heteroatoms. The minimum absolute atomic E-state index is 0.826. The Morgan fingerprint density at radius 1 is 0.913 bits per heavy atom. The minimum Gasteiger partial charge on any atom is -0.343 e. The molecule has 3 rings (SSSR count). The van der Waals surface area contributed by atoms with Crippen LogP contribution in [-0.4, -0.2) is 29.1 Å². The van der Waals surface area contributed by atoms with Gasteiger partial charge in [0.25, 0.3) is 0 Å². The van der Waals surface area contributed by atoms with Crippen molar-refractivity contribution < 1.29 is 0 Å². The molecule has 3 nitrogen and oxygen atoms in total. The predicted molar refractivity (Wildman–Crippen MR) is 98.6 cm³/mol. The number of rotatable bonds is 8. The van der Waals surface area contributed by atoms with Gasteiger partial charge in [-0.15, -0.1) is 0 Å². The van der Waals surface area contributed by atoms with E-state index in [0.717, 1.165) is 26.1 Å². The molecule has 0 aliphatic carbocycles. The molecule has 1 aromatic heterocycles. The zero-order valence-corrected chi connectivity index (χ0v) is 14.3. The summed E-state index contributed by atoms with van der Waals surface area (Å²) in [5.41, 5.74) is 8.49. The van der Waals surface area contributed by atoms with E-state index in [1.54, 1.807) is 0 Å². The Bertz CT molecular complexity index is 596. The minimum atomic E-state index is 0.826. The number of nitrogens with two attached hydrogens (primary N) is 1. The molecule has 0 saturated carbocycles. The van der Waals surface area contributed by atoms with Crippen LogP contribution in [0.3, 0.4) is 0 Å². The van der Waals surface area contributed by atoms with Gasteiger partial charge in [0.1, 0.15) is 0 Å². The van der Waals surface area contributed by atoms with E-state index >= 15 is 0 Å². The Balaban J connectivity index is 1.71. The smallest absolute Gasteiger partial charge is 0.0482 e. The summed E-state index contributed by atoms with van der Waals surface area (Å²) in [7, 11) is 0. The van der Waals surface area contributed by atoms with Crippen molar-refractivity contribution in [2.75, 3.05) is 19.6 Å². The molecule has 0 radical (unpaired) electrons. The number of para-hydroxylation sites is 1. The predicted octanol–water partition coefficient (Wildman–Crippen LogP) is 4.15. The molecular weight excluding hydrogens is 282 g/mol. The molecule has 2 N–H and O–H groups in total. The third kappa shape index (κ3) is 4.36. The van der Waals surface area contributed by atoms with E-state index in [-0.39, 0.29) is 0 Å². The summed E-state index contributed by atoms with van der Waals surface area (Å²) >= 11 is 0. The maximum Gasteiger partial charge on any atom is 0.0482 e. The first-order valence-electron chi connectivity index (χ1n) is 9.38. The van der Waals surface area contributed by atoms with Gasteiger partial charge in [-0.05, 0) is 62.8 Å². The summed E-state index contributed by atoms with van der Waals surface area (Å²) in [5.74, 6) is 0. The topological polar surface area (TPSA) is 34.2 Å². The van der Waals surface area contributed by atoms with E-state index in [9.17, 15) is 0 Å². The number of piperidine rings is 1. The fourth-order valence-corrected chi connectivity index (χ4v) is 3.78. The van der Waals surface area contributed by atoms with Crippen molar-refractivity contribution >= 4 is 10.9 Å². The normalized spacial score (nSPS) is 16.2. The van der Waals surface area contributed by atoms with Crippen LogP contribution in [0.25, 0.3) is 10.9 Å². The number of aromatic nitrogens is 1. The van der Waals surface area contributed by atoms with Crippen LogP contribution in [0.4, 0.5) is 0 Å². The second-order valence-electron chi connectivity index (χ2n) is 6.89. The lowest BCUT2D eigenvalue weighted by molar-refractivity contribution is 0.216. The highest BCUT2D eigenvalue weighted by Crippen LogP contribution is 2.23. The molecule has 1 saturated heterocycles. The van der Waals surface area contributed by atoms with Gasteiger partial charge in [0.05, 0.1) is 0 Å². The van der Waals surface area contributed by atoms with Gasteiger partial charge >= 0.3 is 0 Å². The molecular formula is C20H31N3. The molecule has 1 aromatic carbocycles.